The average molecular weight is 589 g/mol. The molecule has 0 aromatic heterocycles. The Kier molecular flexibility index (Phi) is 11.3. The van der Waals surface area contributed by atoms with Crippen molar-refractivity contribution >= 4 is 40.6 Å². The SMILES string of the molecule is CC(C)[C@H](CC(=O)[C@H](C)NC(=O)[C@@H](CC(=O)c1ccccc1)C(C)(C)C)C(=O)C(=O)CCC(=O)N1CCc2ccccc21. The molecule has 8 heteroatoms. The summed E-state index contributed by atoms with van der Waals surface area (Å²) in [6, 6.07) is 15.5. The lowest BCUT2D eigenvalue weighted by Crippen LogP contribution is -2.46. The first-order valence-electron chi connectivity index (χ1n) is 15.1. The summed E-state index contributed by atoms with van der Waals surface area (Å²) >= 11 is 0. The van der Waals surface area contributed by atoms with Gasteiger partial charge in [-0.15, -0.1) is 0 Å². The van der Waals surface area contributed by atoms with Gasteiger partial charge in [-0.25, -0.2) is 0 Å². The van der Waals surface area contributed by atoms with Crippen LogP contribution < -0.4 is 10.2 Å². The predicted octanol–water partition coefficient (Wildman–Crippen LogP) is 5.17. The lowest BCUT2D eigenvalue weighted by Gasteiger charge is -2.30. The number of para-hydroxylation sites is 1. The van der Waals surface area contributed by atoms with Crippen molar-refractivity contribution in [2.75, 3.05) is 11.4 Å². The smallest absolute Gasteiger partial charge is 0.227 e. The van der Waals surface area contributed by atoms with Gasteiger partial charge in [0.2, 0.25) is 17.6 Å². The van der Waals surface area contributed by atoms with E-state index in [2.05, 4.69) is 5.32 Å². The monoisotopic (exact) mass is 588 g/mol. The minimum Gasteiger partial charge on any atom is -0.346 e. The molecule has 0 unspecified atom stereocenters. The van der Waals surface area contributed by atoms with Crippen molar-refractivity contribution in [3.05, 3.63) is 65.7 Å². The molecule has 1 aliphatic heterocycles. The van der Waals surface area contributed by atoms with Crippen LogP contribution in [0.1, 0.15) is 83.1 Å². The third-order valence-electron chi connectivity index (χ3n) is 8.28. The van der Waals surface area contributed by atoms with E-state index in [1.165, 1.54) is 0 Å². The van der Waals surface area contributed by atoms with Crippen LogP contribution in [0.2, 0.25) is 0 Å². The number of rotatable bonds is 14. The number of carbonyl (C=O) groups is 6. The second-order valence-corrected chi connectivity index (χ2v) is 12.9. The Balaban J connectivity index is 1.58. The number of carbonyl (C=O) groups excluding carboxylic acids is 6. The van der Waals surface area contributed by atoms with Gasteiger partial charge in [0, 0.05) is 49.4 Å². The van der Waals surface area contributed by atoms with Crippen molar-refractivity contribution in [3.8, 4) is 0 Å². The van der Waals surface area contributed by atoms with Gasteiger partial charge in [0.15, 0.2) is 17.3 Å². The fourth-order valence-electron chi connectivity index (χ4n) is 5.42. The number of anilines is 1. The second kappa shape index (κ2) is 14.5. The van der Waals surface area contributed by atoms with Crippen LogP contribution in [0.4, 0.5) is 5.69 Å². The lowest BCUT2D eigenvalue weighted by atomic mass is 9.76. The van der Waals surface area contributed by atoms with Crippen molar-refractivity contribution < 1.29 is 28.8 Å². The maximum absolute atomic E-state index is 13.3. The Labute approximate surface area is 254 Å². The Morgan fingerprint density at radius 3 is 2.09 bits per heavy atom. The molecule has 43 heavy (non-hydrogen) atoms. The van der Waals surface area contributed by atoms with Gasteiger partial charge in [0.25, 0.3) is 0 Å². The highest BCUT2D eigenvalue weighted by Crippen LogP contribution is 2.31. The van der Waals surface area contributed by atoms with Crippen LogP contribution in [-0.4, -0.2) is 47.5 Å². The third-order valence-corrected chi connectivity index (χ3v) is 8.28. The van der Waals surface area contributed by atoms with E-state index in [0.717, 1.165) is 17.7 Å². The molecule has 0 saturated heterocycles. The van der Waals surface area contributed by atoms with E-state index in [-0.39, 0.29) is 49.1 Å². The van der Waals surface area contributed by atoms with Gasteiger partial charge in [-0.1, -0.05) is 83.1 Å². The number of Topliss-reactive ketones (excluding diaryl/α,β-unsaturated/α-hetero) is 4. The molecule has 1 heterocycles. The van der Waals surface area contributed by atoms with Crippen LogP contribution in [0.5, 0.6) is 0 Å². The molecule has 3 rings (SSSR count). The molecule has 0 fully saturated rings. The Morgan fingerprint density at radius 2 is 1.47 bits per heavy atom. The highest BCUT2D eigenvalue weighted by atomic mass is 16.2. The maximum atomic E-state index is 13.3. The van der Waals surface area contributed by atoms with Crippen LogP contribution in [0.3, 0.4) is 0 Å². The average Bonchev–Trinajstić information content (AvgIpc) is 3.40. The second-order valence-electron chi connectivity index (χ2n) is 12.9. The van der Waals surface area contributed by atoms with Gasteiger partial charge in [0.05, 0.1) is 12.0 Å². The number of nitrogens with zero attached hydrogens (tertiary/aromatic N) is 1. The molecule has 3 atom stereocenters. The molecule has 230 valence electrons. The minimum absolute atomic E-state index is 0.0103. The van der Waals surface area contributed by atoms with E-state index in [0.29, 0.717) is 12.1 Å². The maximum Gasteiger partial charge on any atom is 0.227 e. The predicted molar refractivity (Wildman–Crippen MR) is 166 cm³/mol. The van der Waals surface area contributed by atoms with Crippen LogP contribution in [0.25, 0.3) is 0 Å². The summed E-state index contributed by atoms with van der Waals surface area (Å²) in [4.78, 5) is 79.8. The summed E-state index contributed by atoms with van der Waals surface area (Å²) < 4.78 is 0. The van der Waals surface area contributed by atoms with Gasteiger partial charge in [-0.2, -0.15) is 0 Å². The number of hydrogen-bond donors (Lipinski definition) is 1. The summed E-state index contributed by atoms with van der Waals surface area (Å²) in [7, 11) is 0. The highest BCUT2D eigenvalue weighted by molar-refractivity contribution is 6.38. The summed E-state index contributed by atoms with van der Waals surface area (Å²) in [6.45, 7) is 11.2. The molecular weight excluding hydrogens is 544 g/mol. The highest BCUT2D eigenvalue weighted by Gasteiger charge is 2.36. The fraction of sp³-hybridized carbons (Fsp3) is 0.486. The number of ketones is 4. The number of hydrogen-bond acceptors (Lipinski definition) is 6. The van der Waals surface area contributed by atoms with E-state index in [1.54, 1.807) is 49.9 Å². The molecule has 0 spiro atoms. The normalized spacial score (nSPS) is 14.9. The van der Waals surface area contributed by atoms with Crippen molar-refractivity contribution in [2.45, 2.75) is 79.7 Å². The van der Waals surface area contributed by atoms with Crippen LogP contribution in [-0.2, 0) is 30.4 Å². The zero-order valence-electron chi connectivity index (χ0n) is 26.1. The molecular formula is C35H44N2O6. The molecule has 2 amide bonds. The minimum atomic E-state index is -0.912. The van der Waals surface area contributed by atoms with Crippen molar-refractivity contribution in [1.82, 2.24) is 5.32 Å². The molecule has 1 aliphatic rings. The largest absolute Gasteiger partial charge is 0.346 e. The van der Waals surface area contributed by atoms with E-state index in [4.69, 9.17) is 0 Å². The standard InChI is InChI=1S/C35H44N2O6/c1-22(2)26(33(42)29(38)16-17-32(41)37-19-18-24-12-10-11-15-28(24)37)20-30(39)23(3)36-34(43)27(35(4,5)6)21-31(40)25-13-8-7-9-14-25/h7-15,22-23,26-27H,16-21H2,1-6H3,(H,36,43)/t23-,26-,27+/m0/s1. The van der Waals surface area contributed by atoms with Crippen molar-refractivity contribution in [1.29, 1.82) is 0 Å². The first-order valence-corrected chi connectivity index (χ1v) is 15.1. The molecule has 0 saturated carbocycles. The Hall–Kier alpha value is -3.94. The van der Waals surface area contributed by atoms with Gasteiger partial charge in [-0.05, 0) is 36.3 Å². The van der Waals surface area contributed by atoms with Crippen LogP contribution in [0, 0.1) is 23.2 Å². The van der Waals surface area contributed by atoms with Crippen molar-refractivity contribution in [2.24, 2.45) is 23.2 Å². The molecule has 2 aromatic rings. The Morgan fingerprint density at radius 1 is 0.837 bits per heavy atom. The molecule has 0 aliphatic carbocycles. The van der Waals surface area contributed by atoms with Gasteiger partial charge in [-0.3, -0.25) is 28.8 Å². The number of nitrogens with one attached hydrogen (secondary N) is 1. The van der Waals surface area contributed by atoms with Gasteiger partial charge >= 0.3 is 0 Å². The zero-order valence-corrected chi connectivity index (χ0v) is 26.1. The summed E-state index contributed by atoms with van der Waals surface area (Å²) in [6.07, 6.45) is 0.230. The Bertz CT molecular complexity index is 1360. The first-order chi connectivity index (χ1) is 20.2. The van der Waals surface area contributed by atoms with Crippen molar-refractivity contribution in [3.63, 3.8) is 0 Å². The van der Waals surface area contributed by atoms with Gasteiger partial charge in [0.1, 0.15) is 0 Å². The summed E-state index contributed by atoms with van der Waals surface area (Å²) in [5, 5.41) is 2.75. The van der Waals surface area contributed by atoms with Gasteiger partial charge < -0.3 is 10.2 Å². The molecule has 0 radical (unpaired) electrons. The topological polar surface area (TPSA) is 118 Å². The van der Waals surface area contributed by atoms with E-state index >= 15 is 0 Å². The molecule has 2 aromatic carbocycles. The lowest BCUT2D eigenvalue weighted by molar-refractivity contribution is -0.141. The number of benzene rings is 2. The first kappa shape index (κ1) is 33.6. The molecule has 1 N–H and O–H groups in total. The number of amides is 2. The number of fused-ring (bicyclic) bond motifs is 1. The fourth-order valence-corrected chi connectivity index (χ4v) is 5.42. The van der Waals surface area contributed by atoms with E-state index < -0.39 is 40.8 Å². The summed E-state index contributed by atoms with van der Waals surface area (Å²) in [5.74, 6) is -4.34. The zero-order chi connectivity index (χ0) is 31.9. The van der Waals surface area contributed by atoms with E-state index in [1.807, 2.05) is 51.1 Å². The molecule has 0 bridgehead atoms. The third kappa shape index (κ3) is 8.78. The van der Waals surface area contributed by atoms with Crippen LogP contribution in [0.15, 0.2) is 54.6 Å². The molecule has 8 nitrogen and oxygen atoms in total. The summed E-state index contributed by atoms with van der Waals surface area (Å²) in [5.41, 5.74) is 1.89. The van der Waals surface area contributed by atoms with E-state index in [9.17, 15) is 28.8 Å². The quantitative estimate of drug-likeness (QED) is 0.241. The van der Waals surface area contributed by atoms with Crippen LogP contribution >= 0.6 is 0 Å².